The second-order valence-corrected chi connectivity index (χ2v) is 7.34. The maximum atomic E-state index is 13.8. The molecule has 0 amide bonds. The van der Waals surface area contributed by atoms with Gasteiger partial charge in [-0.15, -0.1) is 0 Å². The Kier molecular flexibility index (Phi) is 6.28. The zero-order chi connectivity index (χ0) is 20.2. The first kappa shape index (κ1) is 20.9. The second kappa shape index (κ2) is 8.10. The molecule has 2 rings (SSSR count). The van der Waals surface area contributed by atoms with Crippen molar-refractivity contribution in [2.24, 2.45) is 11.5 Å². The molecule has 0 spiro atoms. The number of rotatable bonds is 8. The van der Waals surface area contributed by atoms with Gasteiger partial charge in [-0.25, -0.2) is 0 Å². The fourth-order valence-electron chi connectivity index (χ4n) is 3.12. The predicted octanol–water partition coefficient (Wildman–Crippen LogP) is 3.02. The molecule has 0 aliphatic heterocycles. The van der Waals surface area contributed by atoms with E-state index in [2.05, 4.69) is 0 Å². The molecule has 27 heavy (non-hydrogen) atoms. The topological polar surface area (TPSA) is 113 Å². The van der Waals surface area contributed by atoms with Gasteiger partial charge in [0, 0.05) is 46.4 Å². The molecule has 5 nitrogen and oxygen atoms in total. The molecule has 0 bridgehead atoms. The lowest BCUT2D eigenvalue weighted by Crippen LogP contribution is -2.36. The summed E-state index contributed by atoms with van der Waals surface area (Å²) in [6, 6.07) is 10.1. The average Bonchev–Trinajstić information content (AvgIpc) is 2.67. The summed E-state index contributed by atoms with van der Waals surface area (Å²) >= 11 is 0. The molecule has 148 valence electrons. The molecule has 0 aliphatic rings. The van der Waals surface area contributed by atoms with Gasteiger partial charge in [0.25, 0.3) is 0 Å². The van der Waals surface area contributed by atoms with E-state index in [4.69, 9.17) is 27.7 Å². The normalized spacial score (nSPS) is 15.8. The van der Waals surface area contributed by atoms with Crippen molar-refractivity contribution in [2.45, 2.75) is 24.7 Å². The molecule has 2 aromatic carbocycles. The summed E-state index contributed by atoms with van der Waals surface area (Å²) in [7, 11) is 0. The van der Waals surface area contributed by atoms with E-state index < -0.39 is 24.2 Å². The molecule has 0 fully saturated rings. The van der Waals surface area contributed by atoms with E-state index >= 15 is 0 Å². The van der Waals surface area contributed by atoms with E-state index in [0.717, 1.165) is 0 Å². The number of nitrogens with two attached hydrogens (primary N) is 4. The maximum Gasteiger partial charge on any atom is 0.133 e. The van der Waals surface area contributed by atoms with Crippen molar-refractivity contribution in [1.29, 1.82) is 0 Å². The summed E-state index contributed by atoms with van der Waals surface area (Å²) in [5, 5.41) is 0. The van der Waals surface area contributed by atoms with Crippen LogP contribution in [0.15, 0.2) is 36.4 Å². The van der Waals surface area contributed by atoms with Gasteiger partial charge < -0.3 is 27.7 Å². The fourth-order valence-corrected chi connectivity index (χ4v) is 3.12. The largest absolute Gasteiger partial charge is 0.457 e. The molecule has 0 saturated heterocycles. The first-order valence-corrected chi connectivity index (χ1v) is 8.74. The fraction of sp³-hybridized carbons (Fsp3) is 0.400. The number of anilines is 2. The highest BCUT2D eigenvalue weighted by Gasteiger charge is 2.34. The number of ether oxygens (including phenoxy) is 1. The molecule has 2 unspecified atom stereocenters. The van der Waals surface area contributed by atoms with Gasteiger partial charge in [0.2, 0.25) is 0 Å². The van der Waals surface area contributed by atoms with Gasteiger partial charge in [0.05, 0.1) is 0 Å². The first-order chi connectivity index (χ1) is 12.8. The molecule has 7 heteroatoms. The molecule has 2 atom stereocenters. The third-order valence-corrected chi connectivity index (χ3v) is 5.03. The first-order valence-electron chi connectivity index (χ1n) is 8.74. The zero-order valence-electron chi connectivity index (χ0n) is 15.8. The quantitative estimate of drug-likeness (QED) is 0.527. The van der Waals surface area contributed by atoms with Gasteiger partial charge in [0.1, 0.15) is 24.8 Å². The molecular weight excluding hydrogens is 350 g/mol. The predicted molar refractivity (Wildman–Crippen MR) is 107 cm³/mol. The Morgan fingerprint density at radius 3 is 1.44 bits per heavy atom. The summed E-state index contributed by atoms with van der Waals surface area (Å²) in [5.74, 6) is 0.705. The third kappa shape index (κ3) is 3.84. The second-order valence-electron chi connectivity index (χ2n) is 7.34. The number of hydrogen-bond acceptors (Lipinski definition) is 5. The lowest BCUT2D eigenvalue weighted by molar-refractivity contribution is 0.316. The SMILES string of the molecule is CC(CN)(CF)c1c(N)cccc1Oc1cccc(N)c1C(C)(CN)CF. The minimum absolute atomic E-state index is 0.0445. The Hall–Kier alpha value is -2.38. The average molecular weight is 378 g/mol. The monoisotopic (exact) mass is 378 g/mol. The van der Waals surface area contributed by atoms with Crippen LogP contribution in [0.3, 0.4) is 0 Å². The van der Waals surface area contributed by atoms with Crippen LogP contribution in [0.25, 0.3) is 0 Å². The van der Waals surface area contributed by atoms with Crippen LogP contribution in [0.4, 0.5) is 20.2 Å². The van der Waals surface area contributed by atoms with E-state index in [9.17, 15) is 8.78 Å². The van der Waals surface area contributed by atoms with Crippen LogP contribution in [-0.2, 0) is 10.8 Å². The van der Waals surface area contributed by atoms with Crippen LogP contribution >= 0.6 is 0 Å². The summed E-state index contributed by atoms with van der Waals surface area (Å²) in [5.41, 5.74) is 23.5. The number of hydrogen-bond donors (Lipinski definition) is 4. The van der Waals surface area contributed by atoms with Crippen LogP contribution in [0.1, 0.15) is 25.0 Å². The van der Waals surface area contributed by atoms with E-state index in [1.54, 1.807) is 50.2 Å². The van der Waals surface area contributed by atoms with E-state index in [1.807, 2.05) is 0 Å². The minimum Gasteiger partial charge on any atom is -0.457 e. The van der Waals surface area contributed by atoms with Crippen molar-refractivity contribution in [3.8, 4) is 11.5 Å². The highest BCUT2D eigenvalue weighted by Crippen LogP contribution is 2.42. The van der Waals surface area contributed by atoms with Crippen LogP contribution < -0.4 is 27.7 Å². The van der Waals surface area contributed by atoms with Crippen molar-refractivity contribution >= 4 is 11.4 Å². The molecule has 0 heterocycles. The van der Waals surface area contributed by atoms with Gasteiger partial charge in [0.15, 0.2) is 0 Å². The number of benzene rings is 2. The molecular formula is C20H28F2N4O. The maximum absolute atomic E-state index is 13.8. The summed E-state index contributed by atoms with van der Waals surface area (Å²) in [4.78, 5) is 0. The smallest absolute Gasteiger partial charge is 0.133 e. The lowest BCUT2D eigenvalue weighted by Gasteiger charge is -2.31. The summed E-state index contributed by atoms with van der Waals surface area (Å²) < 4.78 is 33.7. The van der Waals surface area contributed by atoms with E-state index in [0.29, 0.717) is 34.0 Å². The van der Waals surface area contributed by atoms with E-state index in [1.165, 1.54) is 0 Å². The zero-order valence-corrected chi connectivity index (χ0v) is 15.8. The molecule has 2 aromatic rings. The van der Waals surface area contributed by atoms with Gasteiger partial charge >= 0.3 is 0 Å². The van der Waals surface area contributed by atoms with Gasteiger partial charge in [-0.1, -0.05) is 26.0 Å². The number of alkyl halides is 2. The summed E-state index contributed by atoms with van der Waals surface area (Å²) in [6.07, 6.45) is 0. The molecule has 8 N–H and O–H groups in total. The number of halogens is 2. The highest BCUT2D eigenvalue weighted by molar-refractivity contribution is 5.62. The molecule has 0 aromatic heterocycles. The Labute approximate surface area is 158 Å². The Morgan fingerprint density at radius 2 is 1.15 bits per heavy atom. The van der Waals surface area contributed by atoms with Crippen molar-refractivity contribution in [3.05, 3.63) is 47.5 Å². The standard InChI is InChI=1S/C20H28F2N4O/c1-19(9-21,11-23)17-13(25)5-3-7-15(17)27-16-8-4-6-14(26)18(16)20(2,10-22)12-24/h3-8H,9-12,23-26H2,1-2H3. The molecule has 0 saturated carbocycles. The van der Waals surface area contributed by atoms with Gasteiger partial charge in [-0.3, -0.25) is 8.78 Å². The van der Waals surface area contributed by atoms with Crippen LogP contribution in [-0.4, -0.2) is 26.4 Å². The van der Waals surface area contributed by atoms with Crippen molar-refractivity contribution in [2.75, 3.05) is 37.9 Å². The summed E-state index contributed by atoms with van der Waals surface area (Å²) in [6.45, 7) is 2.03. The Morgan fingerprint density at radius 1 is 0.778 bits per heavy atom. The Bertz CT molecular complexity index is 724. The molecule has 0 aliphatic carbocycles. The van der Waals surface area contributed by atoms with Crippen molar-refractivity contribution in [1.82, 2.24) is 0 Å². The van der Waals surface area contributed by atoms with Crippen molar-refractivity contribution < 1.29 is 13.5 Å². The van der Waals surface area contributed by atoms with Gasteiger partial charge in [-0.05, 0) is 24.3 Å². The van der Waals surface area contributed by atoms with E-state index in [-0.39, 0.29) is 13.1 Å². The third-order valence-electron chi connectivity index (χ3n) is 5.03. The van der Waals surface area contributed by atoms with Crippen LogP contribution in [0, 0.1) is 0 Å². The number of nitrogen functional groups attached to an aromatic ring is 2. The Balaban J connectivity index is 2.64. The molecule has 0 radical (unpaired) electrons. The highest BCUT2D eigenvalue weighted by atomic mass is 19.1. The lowest BCUT2D eigenvalue weighted by atomic mass is 9.81. The minimum atomic E-state index is -1.02. The van der Waals surface area contributed by atoms with Crippen LogP contribution in [0.5, 0.6) is 11.5 Å². The van der Waals surface area contributed by atoms with Crippen LogP contribution in [0.2, 0.25) is 0 Å². The van der Waals surface area contributed by atoms with Crippen molar-refractivity contribution in [3.63, 3.8) is 0 Å². The van der Waals surface area contributed by atoms with Gasteiger partial charge in [-0.2, -0.15) is 0 Å².